The van der Waals surface area contributed by atoms with E-state index in [1.165, 1.54) is 0 Å². The molecule has 3 N–H and O–H groups in total. The third-order valence-electron chi connectivity index (χ3n) is 3.34. The Kier molecular flexibility index (Phi) is 3.55. The first-order chi connectivity index (χ1) is 9.63. The van der Waals surface area contributed by atoms with Crippen molar-refractivity contribution in [1.29, 1.82) is 0 Å². The molecule has 1 fully saturated rings. The van der Waals surface area contributed by atoms with E-state index in [0.717, 1.165) is 24.2 Å². The molecule has 0 spiro atoms. The van der Waals surface area contributed by atoms with Crippen LogP contribution in [-0.4, -0.2) is 11.2 Å². The van der Waals surface area contributed by atoms with Crippen molar-refractivity contribution in [3.05, 3.63) is 58.6 Å². The average Bonchev–Trinajstić information content (AvgIpc) is 3.22. The van der Waals surface area contributed by atoms with Gasteiger partial charge in [-0.2, -0.15) is 0 Å². The van der Waals surface area contributed by atoms with Gasteiger partial charge in [-0.05, 0) is 42.7 Å². The maximum Gasteiger partial charge on any atom is 0.120 e. The smallest absolute Gasteiger partial charge is 0.120 e. The number of aliphatic hydroxyl groups excluding tert-OH is 1. The Bertz CT molecular complexity index is 626. The van der Waals surface area contributed by atoms with Crippen LogP contribution >= 0.6 is 11.6 Å². The average molecular weight is 290 g/mol. The highest BCUT2D eigenvalue weighted by atomic mass is 35.5. The number of anilines is 1. The van der Waals surface area contributed by atoms with E-state index in [1.807, 2.05) is 24.3 Å². The van der Waals surface area contributed by atoms with Gasteiger partial charge in [-0.25, -0.2) is 0 Å². The predicted octanol–water partition coefficient (Wildman–Crippen LogP) is 3.55. The zero-order valence-corrected chi connectivity index (χ0v) is 11.7. The highest BCUT2D eigenvalue weighted by Crippen LogP contribution is 2.32. The van der Waals surface area contributed by atoms with Crippen molar-refractivity contribution in [2.75, 3.05) is 5.73 Å². The number of hydrogen-bond acceptors (Lipinski definition) is 3. The van der Waals surface area contributed by atoms with Crippen molar-refractivity contribution in [2.24, 2.45) is 0 Å². The first kappa shape index (κ1) is 13.3. The zero-order valence-electron chi connectivity index (χ0n) is 10.9. The summed E-state index contributed by atoms with van der Waals surface area (Å²) in [4.78, 5) is 0. The molecule has 3 rings (SSSR count). The van der Waals surface area contributed by atoms with Crippen LogP contribution in [-0.2, 0) is 0 Å². The predicted molar refractivity (Wildman–Crippen MR) is 80.0 cm³/mol. The highest BCUT2D eigenvalue weighted by molar-refractivity contribution is 6.30. The van der Waals surface area contributed by atoms with E-state index in [-0.39, 0.29) is 0 Å². The molecule has 104 valence electrons. The van der Waals surface area contributed by atoms with Gasteiger partial charge >= 0.3 is 0 Å². The van der Waals surface area contributed by atoms with Crippen molar-refractivity contribution < 1.29 is 9.84 Å². The second kappa shape index (κ2) is 5.35. The quantitative estimate of drug-likeness (QED) is 0.847. The largest absolute Gasteiger partial charge is 0.490 e. The maximum absolute atomic E-state index is 10.5. The summed E-state index contributed by atoms with van der Waals surface area (Å²) < 4.78 is 5.74. The van der Waals surface area contributed by atoms with E-state index < -0.39 is 6.10 Å². The molecule has 0 amide bonds. The SMILES string of the molecule is Nc1cc(Cl)ccc1C(O)c1cccc(OC2CC2)c1. The van der Waals surface area contributed by atoms with E-state index in [9.17, 15) is 5.11 Å². The summed E-state index contributed by atoms with van der Waals surface area (Å²) in [7, 11) is 0. The molecular formula is C16H16ClNO2. The molecule has 1 aliphatic rings. The minimum atomic E-state index is -0.782. The molecule has 1 atom stereocenters. The van der Waals surface area contributed by atoms with Gasteiger partial charge in [-0.15, -0.1) is 0 Å². The molecule has 0 aliphatic heterocycles. The number of nitrogens with two attached hydrogens (primary N) is 1. The second-order valence-corrected chi connectivity index (χ2v) is 5.50. The van der Waals surface area contributed by atoms with Crippen LogP contribution < -0.4 is 10.5 Å². The first-order valence-electron chi connectivity index (χ1n) is 6.63. The molecule has 1 aliphatic carbocycles. The molecule has 0 aromatic heterocycles. The molecule has 1 unspecified atom stereocenters. The fourth-order valence-electron chi connectivity index (χ4n) is 2.11. The number of rotatable bonds is 4. The summed E-state index contributed by atoms with van der Waals surface area (Å²) >= 11 is 5.88. The number of benzene rings is 2. The van der Waals surface area contributed by atoms with E-state index >= 15 is 0 Å². The molecule has 1 saturated carbocycles. The molecule has 0 saturated heterocycles. The van der Waals surface area contributed by atoms with Gasteiger partial charge in [0, 0.05) is 16.3 Å². The maximum atomic E-state index is 10.5. The highest BCUT2D eigenvalue weighted by Gasteiger charge is 2.24. The Morgan fingerprint density at radius 1 is 1.20 bits per heavy atom. The third kappa shape index (κ3) is 2.89. The Balaban J connectivity index is 1.86. The van der Waals surface area contributed by atoms with Gasteiger partial charge in [0.1, 0.15) is 11.9 Å². The van der Waals surface area contributed by atoms with Crippen molar-refractivity contribution in [3.63, 3.8) is 0 Å². The van der Waals surface area contributed by atoms with Crippen molar-refractivity contribution in [3.8, 4) is 5.75 Å². The van der Waals surface area contributed by atoms with Gasteiger partial charge in [0.2, 0.25) is 0 Å². The van der Waals surface area contributed by atoms with Gasteiger partial charge in [-0.1, -0.05) is 29.8 Å². The molecule has 0 radical (unpaired) electrons. The Labute approximate surface area is 122 Å². The van der Waals surface area contributed by atoms with Crippen LogP contribution in [0.2, 0.25) is 5.02 Å². The molecule has 3 nitrogen and oxygen atoms in total. The topological polar surface area (TPSA) is 55.5 Å². The standard InChI is InChI=1S/C16H16ClNO2/c17-11-4-7-14(15(18)9-11)16(19)10-2-1-3-13(8-10)20-12-5-6-12/h1-4,7-9,12,16,19H,5-6,18H2. The number of hydrogen-bond donors (Lipinski definition) is 2. The van der Waals surface area contributed by atoms with Gasteiger partial charge in [-0.3, -0.25) is 0 Å². The Morgan fingerprint density at radius 3 is 2.70 bits per heavy atom. The van der Waals surface area contributed by atoms with Gasteiger partial charge in [0.05, 0.1) is 6.10 Å². The summed E-state index contributed by atoms with van der Waals surface area (Å²) in [5, 5.41) is 11.0. The summed E-state index contributed by atoms with van der Waals surface area (Å²) in [6.45, 7) is 0. The monoisotopic (exact) mass is 289 g/mol. The second-order valence-electron chi connectivity index (χ2n) is 5.07. The van der Waals surface area contributed by atoms with Crippen LogP contribution in [0.1, 0.15) is 30.1 Å². The van der Waals surface area contributed by atoms with Crippen LogP contribution in [0, 0.1) is 0 Å². The Morgan fingerprint density at radius 2 is 2.00 bits per heavy atom. The van der Waals surface area contributed by atoms with Gasteiger partial charge in [0.15, 0.2) is 0 Å². The minimum absolute atomic E-state index is 0.336. The Hall–Kier alpha value is -1.71. The van der Waals surface area contributed by atoms with Crippen LogP contribution in [0.4, 0.5) is 5.69 Å². The van der Waals surface area contributed by atoms with E-state index in [4.69, 9.17) is 22.1 Å². The van der Waals surface area contributed by atoms with Crippen molar-refractivity contribution in [2.45, 2.75) is 25.0 Å². The molecule has 2 aromatic rings. The lowest BCUT2D eigenvalue weighted by atomic mass is 10.00. The van der Waals surface area contributed by atoms with Crippen LogP contribution in [0.25, 0.3) is 0 Å². The molecule has 0 bridgehead atoms. The molecule has 4 heteroatoms. The molecule has 0 heterocycles. The van der Waals surface area contributed by atoms with E-state index in [1.54, 1.807) is 18.2 Å². The fraction of sp³-hybridized carbons (Fsp3) is 0.250. The van der Waals surface area contributed by atoms with Gasteiger partial charge < -0.3 is 15.6 Å². The summed E-state index contributed by atoms with van der Waals surface area (Å²) in [5.74, 6) is 0.789. The zero-order chi connectivity index (χ0) is 14.1. The minimum Gasteiger partial charge on any atom is -0.490 e. The number of nitrogen functional groups attached to an aromatic ring is 1. The fourth-order valence-corrected chi connectivity index (χ4v) is 2.29. The van der Waals surface area contributed by atoms with Crippen molar-refractivity contribution >= 4 is 17.3 Å². The van der Waals surface area contributed by atoms with Crippen molar-refractivity contribution in [1.82, 2.24) is 0 Å². The first-order valence-corrected chi connectivity index (χ1v) is 7.01. The normalized spacial score (nSPS) is 15.9. The molecule has 20 heavy (non-hydrogen) atoms. The van der Waals surface area contributed by atoms with Crippen LogP contribution in [0.3, 0.4) is 0 Å². The number of aliphatic hydroxyl groups is 1. The lowest BCUT2D eigenvalue weighted by Gasteiger charge is -2.15. The third-order valence-corrected chi connectivity index (χ3v) is 3.58. The lowest BCUT2D eigenvalue weighted by Crippen LogP contribution is -2.04. The van der Waals surface area contributed by atoms with Crippen LogP contribution in [0.15, 0.2) is 42.5 Å². The van der Waals surface area contributed by atoms with E-state index in [0.29, 0.717) is 22.4 Å². The number of ether oxygens (including phenoxy) is 1. The summed E-state index contributed by atoms with van der Waals surface area (Å²) in [6, 6.07) is 12.6. The molecular weight excluding hydrogens is 274 g/mol. The number of halogens is 1. The summed E-state index contributed by atoms with van der Waals surface area (Å²) in [6.07, 6.45) is 1.77. The lowest BCUT2D eigenvalue weighted by molar-refractivity contribution is 0.220. The van der Waals surface area contributed by atoms with E-state index in [2.05, 4.69) is 0 Å². The van der Waals surface area contributed by atoms with Crippen LogP contribution in [0.5, 0.6) is 5.75 Å². The summed E-state index contributed by atoms with van der Waals surface area (Å²) in [5.41, 5.74) is 7.81. The van der Waals surface area contributed by atoms with Gasteiger partial charge in [0.25, 0.3) is 0 Å². The molecule has 2 aromatic carbocycles.